The molecule has 0 atom stereocenters. The lowest BCUT2D eigenvalue weighted by Gasteiger charge is -2.32. The SMILES string of the molecule is COc1cccc(CN2CCC(Oc3ncc(C)cn3)CC2)c1OC. The topological polar surface area (TPSA) is 56.7 Å². The molecule has 3 rings (SSSR count). The third kappa shape index (κ3) is 4.39. The van der Waals surface area contributed by atoms with Gasteiger partial charge in [0.25, 0.3) is 0 Å². The summed E-state index contributed by atoms with van der Waals surface area (Å²) >= 11 is 0. The molecular formula is C19H25N3O3. The number of rotatable bonds is 6. The van der Waals surface area contributed by atoms with Crippen LogP contribution in [0.1, 0.15) is 24.0 Å². The third-order valence-corrected chi connectivity index (χ3v) is 4.44. The molecule has 134 valence electrons. The highest BCUT2D eigenvalue weighted by molar-refractivity contribution is 5.46. The van der Waals surface area contributed by atoms with Gasteiger partial charge in [0.2, 0.25) is 0 Å². The number of likely N-dealkylation sites (tertiary alicyclic amines) is 1. The molecule has 2 heterocycles. The Morgan fingerprint density at radius 3 is 2.44 bits per heavy atom. The number of hydrogen-bond acceptors (Lipinski definition) is 6. The Labute approximate surface area is 148 Å². The normalized spacial score (nSPS) is 15.8. The van der Waals surface area contributed by atoms with Gasteiger partial charge in [-0.15, -0.1) is 0 Å². The van der Waals surface area contributed by atoms with Crippen molar-refractivity contribution in [2.75, 3.05) is 27.3 Å². The summed E-state index contributed by atoms with van der Waals surface area (Å²) in [5.41, 5.74) is 2.18. The van der Waals surface area contributed by atoms with E-state index < -0.39 is 0 Å². The Morgan fingerprint density at radius 1 is 1.08 bits per heavy atom. The standard InChI is InChI=1S/C19H25N3O3/c1-14-11-20-19(21-12-14)25-16-7-9-22(10-8-16)13-15-5-4-6-17(23-2)18(15)24-3/h4-6,11-12,16H,7-10,13H2,1-3H3. The van der Waals surface area contributed by atoms with E-state index in [9.17, 15) is 0 Å². The van der Waals surface area contributed by atoms with Gasteiger partial charge in [-0.05, 0) is 31.4 Å². The van der Waals surface area contributed by atoms with Crippen LogP contribution >= 0.6 is 0 Å². The van der Waals surface area contributed by atoms with Gasteiger partial charge in [-0.3, -0.25) is 4.90 Å². The summed E-state index contributed by atoms with van der Waals surface area (Å²) in [5.74, 6) is 1.59. The summed E-state index contributed by atoms with van der Waals surface area (Å²) < 4.78 is 16.8. The van der Waals surface area contributed by atoms with Crippen molar-refractivity contribution in [3.05, 3.63) is 41.7 Å². The van der Waals surface area contributed by atoms with E-state index in [4.69, 9.17) is 14.2 Å². The lowest BCUT2D eigenvalue weighted by Crippen LogP contribution is -2.38. The van der Waals surface area contributed by atoms with Crippen LogP contribution in [0.25, 0.3) is 0 Å². The van der Waals surface area contributed by atoms with E-state index in [-0.39, 0.29) is 6.10 Å². The lowest BCUT2D eigenvalue weighted by atomic mass is 10.1. The Balaban J connectivity index is 1.55. The summed E-state index contributed by atoms with van der Waals surface area (Å²) in [5, 5.41) is 0. The van der Waals surface area contributed by atoms with E-state index in [0.717, 1.165) is 55.1 Å². The minimum atomic E-state index is 0.172. The van der Waals surface area contributed by atoms with Gasteiger partial charge in [-0.2, -0.15) is 0 Å². The molecule has 1 aliphatic rings. The van der Waals surface area contributed by atoms with Crippen LogP contribution in [0, 0.1) is 6.92 Å². The number of hydrogen-bond donors (Lipinski definition) is 0. The first kappa shape index (κ1) is 17.5. The highest BCUT2D eigenvalue weighted by atomic mass is 16.5. The van der Waals surface area contributed by atoms with E-state index in [1.54, 1.807) is 26.6 Å². The summed E-state index contributed by atoms with van der Waals surface area (Å²) in [6, 6.07) is 6.48. The first-order valence-electron chi connectivity index (χ1n) is 8.57. The predicted octanol–water partition coefficient (Wildman–Crippen LogP) is 2.85. The summed E-state index contributed by atoms with van der Waals surface area (Å²) in [6.45, 7) is 4.75. The number of aryl methyl sites for hydroxylation is 1. The van der Waals surface area contributed by atoms with Gasteiger partial charge in [0, 0.05) is 37.6 Å². The number of methoxy groups -OCH3 is 2. The summed E-state index contributed by atoms with van der Waals surface area (Å²) in [6.07, 6.45) is 5.66. The van der Waals surface area contributed by atoms with Gasteiger partial charge in [-0.25, -0.2) is 9.97 Å². The Kier molecular flexibility index (Phi) is 5.71. The van der Waals surface area contributed by atoms with Crippen LogP contribution < -0.4 is 14.2 Å². The van der Waals surface area contributed by atoms with E-state index in [1.807, 2.05) is 19.1 Å². The highest BCUT2D eigenvalue weighted by Crippen LogP contribution is 2.32. The quantitative estimate of drug-likeness (QED) is 0.804. The monoisotopic (exact) mass is 343 g/mol. The number of ether oxygens (including phenoxy) is 3. The molecule has 0 bridgehead atoms. The van der Waals surface area contributed by atoms with Gasteiger partial charge in [-0.1, -0.05) is 12.1 Å². The average Bonchev–Trinajstić information content (AvgIpc) is 2.65. The van der Waals surface area contributed by atoms with Gasteiger partial charge in [0.15, 0.2) is 11.5 Å². The molecule has 1 aromatic heterocycles. The van der Waals surface area contributed by atoms with Crippen LogP contribution in [-0.4, -0.2) is 48.3 Å². The van der Waals surface area contributed by atoms with Crippen LogP contribution in [0.2, 0.25) is 0 Å². The van der Waals surface area contributed by atoms with E-state index in [2.05, 4.69) is 20.9 Å². The molecule has 0 spiro atoms. The molecule has 0 radical (unpaired) electrons. The zero-order valence-electron chi connectivity index (χ0n) is 15.1. The molecule has 0 saturated carbocycles. The van der Waals surface area contributed by atoms with E-state index in [1.165, 1.54) is 0 Å². The van der Waals surface area contributed by atoms with Crippen molar-refractivity contribution in [2.24, 2.45) is 0 Å². The Morgan fingerprint density at radius 2 is 1.80 bits per heavy atom. The fourth-order valence-electron chi connectivity index (χ4n) is 3.10. The second-order valence-electron chi connectivity index (χ2n) is 6.29. The largest absolute Gasteiger partial charge is 0.493 e. The molecule has 1 saturated heterocycles. The molecule has 1 fully saturated rings. The molecule has 1 aliphatic heterocycles. The minimum Gasteiger partial charge on any atom is -0.493 e. The van der Waals surface area contributed by atoms with Gasteiger partial charge < -0.3 is 14.2 Å². The molecule has 0 N–H and O–H groups in total. The number of nitrogens with zero attached hydrogens (tertiary/aromatic N) is 3. The van der Waals surface area contributed by atoms with Crippen molar-refractivity contribution >= 4 is 0 Å². The molecule has 0 aliphatic carbocycles. The fraction of sp³-hybridized carbons (Fsp3) is 0.474. The fourth-order valence-corrected chi connectivity index (χ4v) is 3.10. The lowest BCUT2D eigenvalue weighted by molar-refractivity contribution is 0.0887. The maximum absolute atomic E-state index is 5.90. The van der Waals surface area contributed by atoms with Crippen molar-refractivity contribution in [1.29, 1.82) is 0 Å². The maximum Gasteiger partial charge on any atom is 0.316 e. The molecule has 2 aromatic rings. The smallest absolute Gasteiger partial charge is 0.316 e. The second-order valence-corrected chi connectivity index (χ2v) is 6.29. The predicted molar refractivity (Wildman–Crippen MR) is 95.2 cm³/mol. The van der Waals surface area contributed by atoms with Crippen LogP contribution in [0.3, 0.4) is 0 Å². The first-order chi connectivity index (χ1) is 12.2. The summed E-state index contributed by atoms with van der Waals surface area (Å²) in [7, 11) is 3.35. The first-order valence-corrected chi connectivity index (χ1v) is 8.57. The van der Waals surface area contributed by atoms with Crippen molar-refractivity contribution < 1.29 is 14.2 Å². The van der Waals surface area contributed by atoms with Crippen LogP contribution in [0.5, 0.6) is 17.5 Å². The molecule has 0 unspecified atom stereocenters. The minimum absolute atomic E-state index is 0.172. The van der Waals surface area contributed by atoms with Crippen molar-refractivity contribution in [3.63, 3.8) is 0 Å². The number of piperidine rings is 1. The average molecular weight is 343 g/mol. The number of benzene rings is 1. The van der Waals surface area contributed by atoms with Gasteiger partial charge >= 0.3 is 6.01 Å². The van der Waals surface area contributed by atoms with Crippen molar-refractivity contribution in [3.8, 4) is 17.5 Å². The van der Waals surface area contributed by atoms with Crippen LogP contribution in [0.15, 0.2) is 30.6 Å². The Bertz CT molecular complexity index is 683. The zero-order chi connectivity index (χ0) is 17.6. The summed E-state index contributed by atoms with van der Waals surface area (Å²) in [4.78, 5) is 10.9. The third-order valence-electron chi connectivity index (χ3n) is 4.44. The van der Waals surface area contributed by atoms with E-state index in [0.29, 0.717) is 6.01 Å². The van der Waals surface area contributed by atoms with Crippen LogP contribution in [-0.2, 0) is 6.54 Å². The van der Waals surface area contributed by atoms with Crippen LogP contribution in [0.4, 0.5) is 0 Å². The molecule has 1 aromatic carbocycles. The second kappa shape index (κ2) is 8.16. The number of aromatic nitrogens is 2. The van der Waals surface area contributed by atoms with Crippen molar-refractivity contribution in [2.45, 2.75) is 32.4 Å². The molecule has 0 amide bonds. The Hall–Kier alpha value is -2.34. The molecule has 25 heavy (non-hydrogen) atoms. The highest BCUT2D eigenvalue weighted by Gasteiger charge is 2.22. The molecule has 6 nitrogen and oxygen atoms in total. The number of para-hydroxylation sites is 1. The van der Waals surface area contributed by atoms with Gasteiger partial charge in [0.1, 0.15) is 6.10 Å². The van der Waals surface area contributed by atoms with Gasteiger partial charge in [0.05, 0.1) is 14.2 Å². The zero-order valence-corrected chi connectivity index (χ0v) is 15.1. The molecule has 6 heteroatoms. The van der Waals surface area contributed by atoms with E-state index >= 15 is 0 Å². The van der Waals surface area contributed by atoms with Crippen molar-refractivity contribution in [1.82, 2.24) is 14.9 Å². The maximum atomic E-state index is 5.90. The molecular weight excluding hydrogens is 318 g/mol.